The summed E-state index contributed by atoms with van der Waals surface area (Å²) in [5.74, 6) is -0.384. The second-order valence-electron chi connectivity index (χ2n) is 8.79. The fourth-order valence-electron chi connectivity index (χ4n) is 3.19. The Bertz CT molecular complexity index is 959. The Balaban J connectivity index is 1.87. The number of carbonyl (C=O) groups excluding carboxylic acids is 3. The second kappa shape index (κ2) is 7.35. The van der Waals surface area contributed by atoms with Gasteiger partial charge in [-0.1, -0.05) is 18.2 Å². The largest absolute Gasteiger partial charge is 0.487 e. The quantitative estimate of drug-likeness (QED) is 0.781. The van der Waals surface area contributed by atoms with Crippen LogP contribution in [0.3, 0.4) is 0 Å². The van der Waals surface area contributed by atoms with Crippen molar-refractivity contribution in [2.75, 3.05) is 0 Å². The average molecular weight is 394 g/mol. The number of carbonyl (C=O) groups is 3. The van der Waals surface area contributed by atoms with Gasteiger partial charge in [-0.25, -0.2) is 5.01 Å². The number of ketones is 1. The average Bonchev–Trinajstić information content (AvgIpc) is 2.64. The van der Waals surface area contributed by atoms with Crippen molar-refractivity contribution >= 4 is 17.6 Å². The van der Waals surface area contributed by atoms with Crippen LogP contribution in [0.25, 0.3) is 0 Å². The first-order valence-corrected chi connectivity index (χ1v) is 9.55. The molecule has 0 aliphatic carbocycles. The highest BCUT2D eigenvalue weighted by molar-refractivity contribution is 6.04. The van der Waals surface area contributed by atoms with Gasteiger partial charge in [-0.05, 0) is 65.0 Å². The molecule has 29 heavy (non-hydrogen) atoms. The lowest BCUT2D eigenvalue weighted by Crippen LogP contribution is -2.55. The predicted molar refractivity (Wildman–Crippen MR) is 110 cm³/mol. The van der Waals surface area contributed by atoms with Crippen LogP contribution in [-0.4, -0.2) is 33.7 Å². The number of hydrogen-bond acceptors (Lipinski definition) is 4. The van der Waals surface area contributed by atoms with Crippen LogP contribution in [0.2, 0.25) is 0 Å². The highest BCUT2D eigenvalue weighted by Gasteiger charge is 2.34. The van der Waals surface area contributed by atoms with E-state index in [2.05, 4.69) is 5.43 Å². The minimum Gasteiger partial charge on any atom is -0.487 e. The van der Waals surface area contributed by atoms with Gasteiger partial charge in [0.15, 0.2) is 5.78 Å². The number of hydrogen-bond donors (Lipinski definition) is 1. The van der Waals surface area contributed by atoms with Gasteiger partial charge < -0.3 is 4.74 Å². The van der Waals surface area contributed by atoms with Crippen LogP contribution in [0.4, 0.5) is 0 Å². The van der Waals surface area contributed by atoms with E-state index >= 15 is 0 Å². The van der Waals surface area contributed by atoms with E-state index in [-0.39, 0.29) is 23.7 Å². The smallest absolute Gasteiger partial charge is 0.272 e. The minimum atomic E-state index is -0.653. The second-order valence-corrected chi connectivity index (χ2v) is 8.79. The third-order valence-electron chi connectivity index (χ3n) is 4.62. The van der Waals surface area contributed by atoms with Crippen molar-refractivity contribution in [2.45, 2.75) is 52.2 Å². The number of Topliss-reactive ketones (excluding diaryl/α,β-unsaturated/α-hetero) is 1. The lowest BCUT2D eigenvalue weighted by atomic mass is 9.92. The van der Waals surface area contributed by atoms with Gasteiger partial charge in [0.25, 0.3) is 11.8 Å². The Morgan fingerprint density at radius 3 is 2.31 bits per heavy atom. The summed E-state index contributed by atoms with van der Waals surface area (Å²) in [6.07, 6.45) is 0.242. The summed E-state index contributed by atoms with van der Waals surface area (Å²) < 4.78 is 5.84. The van der Waals surface area contributed by atoms with Gasteiger partial charge in [0.2, 0.25) is 0 Å². The number of benzene rings is 2. The number of amides is 2. The van der Waals surface area contributed by atoms with Gasteiger partial charge in [0.1, 0.15) is 11.4 Å². The molecule has 1 N–H and O–H groups in total. The van der Waals surface area contributed by atoms with E-state index in [1.165, 1.54) is 11.1 Å². The zero-order valence-corrected chi connectivity index (χ0v) is 17.4. The molecule has 3 rings (SSSR count). The topological polar surface area (TPSA) is 75.7 Å². The summed E-state index contributed by atoms with van der Waals surface area (Å²) in [4.78, 5) is 38.3. The van der Waals surface area contributed by atoms with Gasteiger partial charge >= 0.3 is 0 Å². The molecule has 2 aromatic rings. The summed E-state index contributed by atoms with van der Waals surface area (Å²) in [5.41, 5.74) is 2.62. The SMILES string of the molecule is CC1(C)CC(=O)c2cc(C(=O)NN(C(=O)c3ccccc3)C(C)(C)C)ccc2O1. The molecule has 0 bridgehead atoms. The fraction of sp³-hybridized carbons (Fsp3) is 0.348. The monoisotopic (exact) mass is 394 g/mol. The van der Waals surface area contributed by atoms with E-state index in [9.17, 15) is 14.4 Å². The molecule has 2 amide bonds. The molecule has 6 heteroatoms. The van der Waals surface area contributed by atoms with Crippen molar-refractivity contribution in [3.63, 3.8) is 0 Å². The molecule has 152 valence electrons. The van der Waals surface area contributed by atoms with Crippen molar-refractivity contribution in [1.29, 1.82) is 0 Å². The predicted octanol–water partition coefficient (Wildman–Crippen LogP) is 4.02. The van der Waals surface area contributed by atoms with Crippen LogP contribution < -0.4 is 10.2 Å². The summed E-state index contributed by atoms with van der Waals surface area (Å²) >= 11 is 0. The van der Waals surface area contributed by atoms with Crippen molar-refractivity contribution in [2.24, 2.45) is 0 Å². The van der Waals surface area contributed by atoms with Crippen LogP contribution in [0.15, 0.2) is 48.5 Å². The third kappa shape index (κ3) is 4.47. The van der Waals surface area contributed by atoms with Gasteiger partial charge in [0.05, 0.1) is 17.5 Å². The number of hydrazine groups is 1. The Morgan fingerprint density at radius 2 is 1.69 bits per heavy atom. The van der Waals surface area contributed by atoms with Crippen LogP contribution in [-0.2, 0) is 0 Å². The van der Waals surface area contributed by atoms with E-state index in [0.29, 0.717) is 16.9 Å². The van der Waals surface area contributed by atoms with E-state index in [1.54, 1.807) is 36.4 Å². The molecule has 0 saturated carbocycles. The summed E-state index contributed by atoms with van der Waals surface area (Å²) in [6.45, 7) is 9.21. The van der Waals surface area contributed by atoms with Gasteiger partial charge in [-0.15, -0.1) is 0 Å². The summed E-state index contributed by atoms with van der Waals surface area (Å²) in [5, 5.41) is 1.31. The van der Waals surface area contributed by atoms with E-state index in [0.717, 1.165) is 0 Å². The first-order valence-electron chi connectivity index (χ1n) is 9.55. The molecule has 0 saturated heterocycles. The highest BCUT2D eigenvalue weighted by Crippen LogP contribution is 2.33. The van der Waals surface area contributed by atoms with E-state index in [4.69, 9.17) is 4.74 Å². The molecular weight excluding hydrogens is 368 g/mol. The number of ether oxygens (including phenoxy) is 1. The summed E-state index contributed by atoms with van der Waals surface area (Å²) in [7, 11) is 0. The van der Waals surface area contributed by atoms with Crippen molar-refractivity contribution in [3.8, 4) is 5.75 Å². The molecule has 0 unspecified atom stereocenters. The Hall–Kier alpha value is -3.15. The fourth-order valence-corrected chi connectivity index (χ4v) is 3.19. The van der Waals surface area contributed by atoms with Gasteiger partial charge in [-0.2, -0.15) is 0 Å². The van der Waals surface area contributed by atoms with Gasteiger partial charge in [0, 0.05) is 11.1 Å². The molecule has 1 aliphatic rings. The molecule has 0 fully saturated rings. The molecule has 0 spiro atoms. The minimum absolute atomic E-state index is 0.0704. The first-order chi connectivity index (χ1) is 13.5. The number of nitrogens with one attached hydrogen (secondary N) is 1. The van der Waals surface area contributed by atoms with Crippen molar-refractivity contribution < 1.29 is 19.1 Å². The van der Waals surface area contributed by atoms with Crippen LogP contribution in [0, 0.1) is 0 Å². The molecule has 1 heterocycles. The number of nitrogens with zero attached hydrogens (tertiary/aromatic N) is 1. The number of rotatable bonds is 2. The molecule has 1 aliphatic heterocycles. The van der Waals surface area contributed by atoms with Crippen molar-refractivity contribution in [1.82, 2.24) is 10.4 Å². The summed E-state index contributed by atoms with van der Waals surface area (Å²) in [6, 6.07) is 13.5. The van der Waals surface area contributed by atoms with Crippen LogP contribution >= 0.6 is 0 Å². The Morgan fingerprint density at radius 1 is 1.03 bits per heavy atom. The van der Waals surface area contributed by atoms with Crippen LogP contribution in [0.5, 0.6) is 5.75 Å². The third-order valence-corrected chi connectivity index (χ3v) is 4.62. The Labute approximate surface area is 170 Å². The van der Waals surface area contributed by atoms with Crippen molar-refractivity contribution in [3.05, 3.63) is 65.2 Å². The maximum absolute atomic E-state index is 13.0. The molecule has 2 aromatic carbocycles. The van der Waals surface area contributed by atoms with E-state index in [1.807, 2.05) is 40.7 Å². The molecule has 0 radical (unpaired) electrons. The zero-order valence-electron chi connectivity index (χ0n) is 17.4. The highest BCUT2D eigenvalue weighted by atomic mass is 16.5. The molecular formula is C23H26N2O4. The van der Waals surface area contributed by atoms with Gasteiger partial charge in [-0.3, -0.25) is 19.8 Å². The molecule has 0 aromatic heterocycles. The molecule has 6 nitrogen and oxygen atoms in total. The lowest BCUT2D eigenvalue weighted by Gasteiger charge is -2.35. The number of fused-ring (bicyclic) bond motifs is 1. The first kappa shape index (κ1) is 20.6. The van der Waals surface area contributed by atoms with Crippen LogP contribution in [0.1, 0.15) is 72.1 Å². The molecule has 0 atom stereocenters. The normalized spacial score (nSPS) is 15.1. The standard InChI is InChI=1S/C23H26N2O4/c1-22(2,3)25(21(28)15-9-7-6-8-10-15)24-20(27)16-11-12-19-17(13-16)18(26)14-23(4,5)29-19/h6-13H,14H2,1-5H3,(H,24,27). The van der Waals surface area contributed by atoms with E-state index < -0.39 is 17.0 Å². The zero-order chi connectivity index (χ0) is 21.4. The lowest BCUT2D eigenvalue weighted by molar-refractivity contribution is 0.0358. The maximum atomic E-state index is 13.0. The maximum Gasteiger partial charge on any atom is 0.272 e. The Kier molecular flexibility index (Phi) is 5.22.